The Hall–Kier alpha value is -1.89. The number of sulfonamides is 1. The van der Waals surface area contributed by atoms with Crippen molar-refractivity contribution >= 4 is 27.5 Å². The van der Waals surface area contributed by atoms with Crippen LogP contribution in [-0.2, 0) is 21.4 Å². The van der Waals surface area contributed by atoms with Gasteiger partial charge >= 0.3 is 0 Å². The molecule has 0 radical (unpaired) electrons. The molecule has 1 N–H and O–H groups in total. The minimum Gasteiger partial charge on any atom is -0.338 e. The molecule has 0 bridgehead atoms. The number of hydrogen-bond donors (Lipinski definition) is 1. The van der Waals surface area contributed by atoms with E-state index in [0.29, 0.717) is 23.7 Å². The summed E-state index contributed by atoms with van der Waals surface area (Å²) in [4.78, 5) is 14.0. The van der Waals surface area contributed by atoms with E-state index in [1.54, 1.807) is 11.8 Å². The van der Waals surface area contributed by atoms with Crippen molar-refractivity contribution in [1.29, 1.82) is 0 Å². The molecule has 0 saturated heterocycles. The fraction of sp³-hybridized carbons (Fsp3) is 0.278. The van der Waals surface area contributed by atoms with Gasteiger partial charge in [-0.05, 0) is 43.2 Å². The van der Waals surface area contributed by atoms with Crippen LogP contribution in [-0.4, -0.2) is 32.3 Å². The van der Waals surface area contributed by atoms with Crippen molar-refractivity contribution in [2.75, 3.05) is 13.1 Å². The van der Waals surface area contributed by atoms with Crippen molar-refractivity contribution < 1.29 is 13.2 Å². The van der Waals surface area contributed by atoms with E-state index in [1.807, 2.05) is 37.3 Å². The van der Waals surface area contributed by atoms with Crippen LogP contribution in [0.1, 0.15) is 18.1 Å². The van der Waals surface area contributed by atoms with Gasteiger partial charge in [-0.3, -0.25) is 4.79 Å². The molecule has 25 heavy (non-hydrogen) atoms. The molecule has 0 spiro atoms. The second-order valence-corrected chi connectivity index (χ2v) is 7.80. The highest BCUT2D eigenvalue weighted by Gasteiger charge is 2.19. The first-order valence-corrected chi connectivity index (χ1v) is 9.77. The topological polar surface area (TPSA) is 66.5 Å². The number of halogens is 1. The fourth-order valence-electron chi connectivity index (χ4n) is 2.32. The maximum Gasteiger partial charge on any atom is 0.241 e. The van der Waals surface area contributed by atoms with Gasteiger partial charge in [0.1, 0.15) is 0 Å². The van der Waals surface area contributed by atoms with Crippen molar-refractivity contribution in [1.82, 2.24) is 9.62 Å². The lowest BCUT2D eigenvalue weighted by atomic mass is 10.2. The van der Waals surface area contributed by atoms with Crippen LogP contribution in [0.2, 0.25) is 5.02 Å². The molecule has 0 aromatic heterocycles. The first kappa shape index (κ1) is 19.4. The molecule has 0 aliphatic carbocycles. The minimum absolute atomic E-state index is 0.0910. The summed E-state index contributed by atoms with van der Waals surface area (Å²) in [5.74, 6) is -0.277. The predicted octanol–water partition coefficient (Wildman–Crippen LogP) is 2.98. The van der Waals surface area contributed by atoms with Gasteiger partial charge in [0, 0.05) is 18.1 Å². The summed E-state index contributed by atoms with van der Waals surface area (Å²) in [6, 6.07) is 14.0. The van der Waals surface area contributed by atoms with E-state index < -0.39 is 10.0 Å². The zero-order chi connectivity index (χ0) is 18.4. The van der Waals surface area contributed by atoms with E-state index in [4.69, 9.17) is 11.6 Å². The number of benzene rings is 2. The van der Waals surface area contributed by atoms with Gasteiger partial charge < -0.3 is 4.90 Å². The third-order valence-electron chi connectivity index (χ3n) is 3.80. The van der Waals surface area contributed by atoms with Gasteiger partial charge in [0.2, 0.25) is 15.9 Å². The molecule has 2 rings (SSSR count). The Kier molecular flexibility index (Phi) is 6.58. The van der Waals surface area contributed by atoms with Gasteiger partial charge in [0.05, 0.1) is 11.4 Å². The zero-order valence-electron chi connectivity index (χ0n) is 14.2. The molecule has 0 aliphatic rings. The second-order valence-electron chi connectivity index (χ2n) is 5.63. The van der Waals surface area contributed by atoms with Crippen LogP contribution < -0.4 is 4.72 Å². The monoisotopic (exact) mass is 380 g/mol. The average molecular weight is 381 g/mol. The van der Waals surface area contributed by atoms with Crippen molar-refractivity contribution in [3.8, 4) is 0 Å². The number of rotatable bonds is 7. The summed E-state index contributed by atoms with van der Waals surface area (Å²) in [6.07, 6.45) is 0. The van der Waals surface area contributed by atoms with Crippen LogP contribution >= 0.6 is 11.6 Å². The number of amides is 1. The number of carbonyl (C=O) groups excluding carboxylic acids is 1. The van der Waals surface area contributed by atoms with Gasteiger partial charge in [0.25, 0.3) is 0 Å². The highest BCUT2D eigenvalue weighted by Crippen LogP contribution is 2.19. The minimum atomic E-state index is -3.77. The number of hydrogen-bond acceptors (Lipinski definition) is 3. The lowest BCUT2D eigenvalue weighted by molar-refractivity contribution is -0.130. The SMILES string of the molecule is CCN(Cc1ccccc1)C(=O)CNS(=O)(=O)c1ccc(Cl)c(C)c1. The zero-order valence-corrected chi connectivity index (χ0v) is 15.8. The molecular weight excluding hydrogens is 360 g/mol. The summed E-state index contributed by atoms with van der Waals surface area (Å²) in [7, 11) is -3.77. The summed E-state index contributed by atoms with van der Waals surface area (Å²) in [5.41, 5.74) is 1.66. The van der Waals surface area contributed by atoms with E-state index >= 15 is 0 Å². The van der Waals surface area contributed by atoms with Gasteiger partial charge in [-0.2, -0.15) is 0 Å². The highest BCUT2D eigenvalue weighted by atomic mass is 35.5. The van der Waals surface area contributed by atoms with Crippen LogP contribution in [0.4, 0.5) is 0 Å². The van der Waals surface area contributed by atoms with E-state index in [9.17, 15) is 13.2 Å². The normalized spacial score (nSPS) is 11.3. The Balaban J connectivity index is 2.02. The lowest BCUT2D eigenvalue weighted by Gasteiger charge is -2.21. The largest absolute Gasteiger partial charge is 0.338 e. The van der Waals surface area contributed by atoms with E-state index in [2.05, 4.69) is 4.72 Å². The molecule has 0 saturated carbocycles. The molecule has 0 unspecified atom stereocenters. The first-order valence-electron chi connectivity index (χ1n) is 7.91. The van der Waals surface area contributed by atoms with Crippen LogP contribution in [0.5, 0.6) is 0 Å². The summed E-state index contributed by atoms with van der Waals surface area (Å²) >= 11 is 5.92. The quantitative estimate of drug-likeness (QED) is 0.803. The number of nitrogens with zero attached hydrogens (tertiary/aromatic N) is 1. The Labute approximate surface area is 153 Å². The van der Waals surface area contributed by atoms with E-state index in [1.165, 1.54) is 18.2 Å². The molecule has 2 aromatic rings. The third kappa shape index (κ3) is 5.29. The maximum atomic E-state index is 12.4. The Morgan fingerprint density at radius 1 is 1.16 bits per heavy atom. The van der Waals surface area contributed by atoms with Gasteiger partial charge in [0.15, 0.2) is 0 Å². The molecule has 0 fully saturated rings. The maximum absolute atomic E-state index is 12.4. The predicted molar refractivity (Wildman–Crippen MR) is 98.9 cm³/mol. The molecule has 7 heteroatoms. The lowest BCUT2D eigenvalue weighted by Crippen LogP contribution is -2.39. The molecule has 2 aromatic carbocycles. The Morgan fingerprint density at radius 2 is 1.84 bits per heavy atom. The molecule has 0 atom stereocenters. The van der Waals surface area contributed by atoms with Crippen molar-refractivity contribution in [3.63, 3.8) is 0 Å². The van der Waals surface area contributed by atoms with Crippen molar-refractivity contribution in [3.05, 3.63) is 64.7 Å². The number of aryl methyl sites for hydroxylation is 1. The average Bonchev–Trinajstić information content (AvgIpc) is 2.60. The number of likely N-dealkylation sites (N-methyl/N-ethyl adjacent to an activating group) is 1. The summed E-state index contributed by atoms with van der Waals surface area (Å²) < 4.78 is 27.0. The van der Waals surface area contributed by atoms with E-state index in [-0.39, 0.29) is 17.3 Å². The number of carbonyl (C=O) groups is 1. The molecule has 5 nitrogen and oxygen atoms in total. The summed E-state index contributed by atoms with van der Waals surface area (Å²) in [5, 5.41) is 0.495. The van der Waals surface area contributed by atoms with Crippen LogP contribution in [0.15, 0.2) is 53.4 Å². The van der Waals surface area contributed by atoms with Crippen LogP contribution in [0, 0.1) is 6.92 Å². The van der Waals surface area contributed by atoms with Crippen molar-refractivity contribution in [2.24, 2.45) is 0 Å². The van der Waals surface area contributed by atoms with Gasteiger partial charge in [-0.25, -0.2) is 13.1 Å². The van der Waals surface area contributed by atoms with Crippen LogP contribution in [0.3, 0.4) is 0 Å². The molecule has 0 aliphatic heterocycles. The Bertz CT molecular complexity index is 839. The first-order chi connectivity index (χ1) is 11.8. The smallest absolute Gasteiger partial charge is 0.241 e. The van der Waals surface area contributed by atoms with Crippen LogP contribution in [0.25, 0.3) is 0 Å². The molecule has 1 amide bonds. The third-order valence-corrected chi connectivity index (χ3v) is 5.63. The summed E-state index contributed by atoms with van der Waals surface area (Å²) in [6.45, 7) is 4.24. The van der Waals surface area contributed by atoms with Gasteiger partial charge in [-0.1, -0.05) is 41.9 Å². The molecule has 134 valence electrons. The molecular formula is C18H21ClN2O3S. The van der Waals surface area contributed by atoms with Crippen molar-refractivity contribution in [2.45, 2.75) is 25.3 Å². The fourth-order valence-corrected chi connectivity index (χ4v) is 3.49. The highest BCUT2D eigenvalue weighted by molar-refractivity contribution is 7.89. The number of nitrogens with one attached hydrogen (secondary N) is 1. The standard InChI is InChI=1S/C18H21ClN2O3S/c1-3-21(13-15-7-5-4-6-8-15)18(22)12-20-25(23,24)16-9-10-17(19)14(2)11-16/h4-11,20H,3,12-13H2,1-2H3. The Morgan fingerprint density at radius 3 is 2.44 bits per heavy atom. The second kappa shape index (κ2) is 8.47. The molecule has 0 heterocycles. The van der Waals surface area contributed by atoms with Gasteiger partial charge in [-0.15, -0.1) is 0 Å². The van der Waals surface area contributed by atoms with E-state index in [0.717, 1.165) is 5.56 Å².